The van der Waals surface area contributed by atoms with Crippen LogP contribution in [-0.4, -0.2) is 28.3 Å². The van der Waals surface area contributed by atoms with Crippen molar-refractivity contribution in [2.45, 2.75) is 26.3 Å². The average molecular weight is 279 g/mol. The first-order chi connectivity index (χ1) is 9.38. The molecular weight excluding hydrogens is 265 g/mol. The summed E-state index contributed by atoms with van der Waals surface area (Å²) in [7, 11) is 0. The zero-order chi connectivity index (χ0) is 15.3. The van der Waals surface area contributed by atoms with Gasteiger partial charge in [-0.3, -0.25) is 14.9 Å². The Morgan fingerprint density at radius 3 is 2.70 bits per heavy atom. The van der Waals surface area contributed by atoms with E-state index in [1.54, 1.807) is 13.8 Å². The van der Waals surface area contributed by atoms with Gasteiger partial charge in [-0.15, -0.1) is 0 Å². The molecule has 0 N–H and O–H groups in total. The highest BCUT2D eigenvalue weighted by Crippen LogP contribution is 2.22. The molecule has 0 saturated carbocycles. The number of nitro benzene ring substituents is 1. The molecule has 1 aromatic carbocycles. The lowest BCUT2D eigenvalue weighted by Gasteiger charge is -2.25. The molecule has 0 unspecified atom stereocenters. The summed E-state index contributed by atoms with van der Waals surface area (Å²) in [6.45, 7) is 3.58. The number of amides is 1. The molecule has 0 saturated heterocycles. The van der Waals surface area contributed by atoms with Crippen LogP contribution >= 0.6 is 0 Å². The van der Waals surface area contributed by atoms with Gasteiger partial charge >= 0.3 is 0 Å². The second-order valence-electron chi connectivity index (χ2n) is 4.42. The lowest BCUT2D eigenvalue weighted by atomic mass is 10.1. The van der Waals surface area contributed by atoms with Gasteiger partial charge in [0.1, 0.15) is 11.4 Å². The van der Waals surface area contributed by atoms with Gasteiger partial charge in [-0.1, -0.05) is 0 Å². The third-order valence-corrected chi connectivity index (χ3v) is 2.73. The summed E-state index contributed by atoms with van der Waals surface area (Å²) < 4.78 is 13.2. The Balaban J connectivity index is 3.20. The average Bonchev–Trinajstić information content (AvgIpc) is 2.38. The van der Waals surface area contributed by atoms with Crippen LogP contribution < -0.4 is 0 Å². The van der Waals surface area contributed by atoms with Crippen molar-refractivity contribution in [2.75, 3.05) is 6.54 Å². The number of hydrogen-bond acceptors (Lipinski definition) is 4. The SMILES string of the molecule is CC(C)N(CCC#N)C(=O)c1cc(F)ccc1[N+](=O)[O-]. The normalized spacial score (nSPS) is 10.2. The molecule has 6 nitrogen and oxygen atoms in total. The Morgan fingerprint density at radius 1 is 1.55 bits per heavy atom. The van der Waals surface area contributed by atoms with Crippen LogP contribution in [0.25, 0.3) is 0 Å². The Kier molecular flexibility index (Phi) is 5.15. The summed E-state index contributed by atoms with van der Waals surface area (Å²) in [4.78, 5) is 23.8. The highest BCUT2D eigenvalue weighted by molar-refractivity contribution is 5.98. The highest BCUT2D eigenvalue weighted by atomic mass is 19.1. The Bertz CT molecular complexity index is 566. The first kappa shape index (κ1) is 15.6. The Labute approximate surface area is 115 Å². The lowest BCUT2D eigenvalue weighted by molar-refractivity contribution is -0.385. The third kappa shape index (κ3) is 3.51. The van der Waals surface area contributed by atoms with Crippen LogP contribution in [0.4, 0.5) is 10.1 Å². The van der Waals surface area contributed by atoms with Gasteiger partial charge in [0.25, 0.3) is 11.6 Å². The summed E-state index contributed by atoms with van der Waals surface area (Å²) in [5.41, 5.74) is -0.749. The minimum atomic E-state index is -0.727. The van der Waals surface area contributed by atoms with Crippen LogP contribution in [-0.2, 0) is 0 Å². The van der Waals surface area contributed by atoms with Crippen molar-refractivity contribution >= 4 is 11.6 Å². The van der Waals surface area contributed by atoms with Crippen LogP contribution in [0, 0.1) is 27.3 Å². The molecular formula is C13H14FN3O3. The van der Waals surface area contributed by atoms with Crippen molar-refractivity contribution in [3.63, 3.8) is 0 Å². The summed E-state index contributed by atoms with van der Waals surface area (Å²) in [5, 5.41) is 19.5. The first-order valence-electron chi connectivity index (χ1n) is 6.00. The molecule has 0 aliphatic heterocycles. The van der Waals surface area contributed by atoms with E-state index in [1.807, 2.05) is 6.07 Å². The standard InChI is InChI=1S/C13H14FN3O3/c1-9(2)16(7-3-6-15)13(18)11-8-10(14)4-5-12(11)17(19)20/h4-5,8-9H,3,7H2,1-2H3. The van der Waals surface area contributed by atoms with Crippen molar-refractivity contribution in [1.29, 1.82) is 5.26 Å². The monoisotopic (exact) mass is 279 g/mol. The Morgan fingerprint density at radius 2 is 2.20 bits per heavy atom. The minimum Gasteiger partial charge on any atom is -0.335 e. The molecule has 0 aliphatic carbocycles. The Hall–Kier alpha value is -2.49. The van der Waals surface area contributed by atoms with E-state index in [1.165, 1.54) is 4.90 Å². The number of hydrogen-bond donors (Lipinski definition) is 0. The van der Waals surface area contributed by atoms with Gasteiger partial charge < -0.3 is 4.90 Å². The number of halogens is 1. The van der Waals surface area contributed by atoms with E-state index in [-0.39, 0.29) is 24.6 Å². The maximum absolute atomic E-state index is 13.2. The van der Waals surface area contributed by atoms with Gasteiger partial charge in [0, 0.05) is 18.7 Å². The number of rotatable bonds is 5. The second-order valence-corrected chi connectivity index (χ2v) is 4.42. The predicted molar refractivity (Wildman–Crippen MR) is 69.5 cm³/mol. The number of nitriles is 1. The molecule has 1 rings (SSSR count). The molecule has 106 valence electrons. The molecule has 0 fully saturated rings. The fourth-order valence-corrected chi connectivity index (χ4v) is 1.76. The maximum Gasteiger partial charge on any atom is 0.282 e. The molecule has 0 aliphatic rings. The van der Waals surface area contributed by atoms with Crippen LogP contribution in [0.15, 0.2) is 18.2 Å². The van der Waals surface area contributed by atoms with E-state index in [0.717, 1.165) is 18.2 Å². The molecule has 0 aromatic heterocycles. The molecule has 0 bridgehead atoms. The van der Waals surface area contributed by atoms with Gasteiger partial charge in [0.15, 0.2) is 0 Å². The van der Waals surface area contributed by atoms with E-state index < -0.39 is 22.3 Å². The van der Waals surface area contributed by atoms with Crippen molar-refractivity contribution in [2.24, 2.45) is 0 Å². The molecule has 0 spiro atoms. The van der Waals surface area contributed by atoms with E-state index >= 15 is 0 Å². The van der Waals surface area contributed by atoms with Gasteiger partial charge in [-0.2, -0.15) is 5.26 Å². The molecule has 0 radical (unpaired) electrons. The second kappa shape index (κ2) is 6.61. The molecule has 1 aromatic rings. The smallest absolute Gasteiger partial charge is 0.282 e. The largest absolute Gasteiger partial charge is 0.335 e. The maximum atomic E-state index is 13.2. The number of nitrogens with zero attached hydrogens (tertiary/aromatic N) is 3. The van der Waals surface area contributed by atoms with E-state index in [2.05, 4.69) is 0 Å². The predicted octanol–water partition coefficient (Wildman–Crippen LogP) is 2.50. The lowest BCUT2D eigenvalue weighted by Crippen LogP contribution is -2.38. The summed E-state index contributed by atoms with van der Waals surface area (Å²) in [5.74, 6) is -1.37. The molecule has 0 atom stereocenters. The first-order valence-corrected chi connectivity index (χ1v) is 6.00. The number of carbonyl (C=O) groups excluding carboxylic acids is 1. The quantitative estimate of drug-likeness (QED) is 0.612. The third-order valence-electron chi connectivity index (χ3n) is 2.73. The summed E-state index contributed by atoms with van der Waals surface area (Å²) in [6, 6.07) is 4.40. The van der Waals surface area contributed by atoms with Crippen molar-refractivity contribution in [3.8, 4) is 6.07 Å². The zero-order valence-corrected chi connectivity index (χ0v) is 11.2. The van der Waals surface area contributed by atoms with Crippen LogP contribution in [0.2, 0.25) is 0 Å². The fourth-order valence-electron chi connectivity index (χ4n) is 1.76. The molecule has 7 heteroatoms. The summed E-state index contributed by atoms with van der Waals surface area (Å²) >= 11 is 0. The van der Waals surface area contributed by atoms with Crippen LogP contribution in [0.5, 0.6) is 0 Å². The molecule has 1 amide bonds. The van der Waals surface area contributed by atoms with Gasteiger partial charge in [0.05, 0.1) is 17.4 Å². The number of carbonyl (C=O) groups is 1. The van der Waals surface area contributed by atoms with E-state index in [4.69, 9.17) is 5.26 Å². The summed E-state index contributed by atoms with van der Waals surface area (Å²) in [6.07, 6.45) is 0.104. The molecule has 20 heavy (non-hydrogen) atoms. The van der Waals surface area contributed by atoms with Crippen molar-refractivity contribution in [3.05, 3.63) is 39.7 Å². The van der Waals surface area contributed by atoms with Gasteiger partial charge in [0.2, 0.25) is 0 Å². The van der Waals surface area contributed by atoms with Gasteiger partial charge in [-0.05, 0) is 26.0 Å². The number of benzene rings is 1. The van der Waals surface area contributed by atoms with Gasteiger partial charge in [-0.25, -0.2) is 4.39 Å². The van der Waals surface area contributed by atoms with Crippen LogP contribution in [0.1, 0.15) is 30.6 Å². The fraction of sp³-hybridized carbons (Fsp3) is 0.385. The van der Waals surface area contributed by atoms with Crippen molar-refractivity contribution in [1.82, 2.24) is 4.90 Å². The van der Waals surface area contributed by atoms with Crippen molar-refractivity contribution < 1.29 is 14.1 Å². The van der Waals surface area contributed by atoms with E-state index in [0.29, 0.717) is 0 Å². The van der Waals surface area contributed by atoms with Crippen LogP contribution in [0.3, 0.4) is 0 Å². The number of nitro groups is 1. The highest BCUT2D eigenvalue weighted by Gasteiger charge is 2.26. The molecule has 0 heterocycles. The zero-order valence-electron chi connectivity index (χ0n) is 11.2. The van der Waals surface area contributed by atoms with E-state index in [9.17, 15) is 19.3 Å². The topological polar surface area (TPSA) is 87.2 Å². The minimum absolute atomic E-state index is 0.104.